The Morgan fingerprint density at radius 2 is 2.25 bits per heavy atom. The zero-order chi connectivity index (χ0) is 11.7. The Hall–Kier alpha value is -2.24. The summed E-state index contributed by atoms with van der Waals surface area (Å²) in [6, 6.07) is 2.74. The van der Waals surface area contributed by atoms with Gasteiger partial charge in [0.05, 0.1) is 18.3 Å². The second-order valence-corrected chi connectivity index (χ2v) is 3.23. The first-order valence-electron chi connectivity index (χ1n) is 4.46. The van der Waals surface area contributed by atoms with Crippen molar-refractivity contribution in [3.63, 3.8) is 0 Å². The predicted molar refractivity (Wildman–Crippen MR) is 53.7 cm³/mol. The van der Waals surface area contributed by atoms with Crippen molar-refractivity contribution in [2.45, 2.75) is 6.42 Å². The van der Waals surface area contributed by atoms with Crippen LogP contribution in [0, 0.1) is 5.82 Å². The highest BCUT2D eigenvalue weighted by atomic mass is 19.1. The summed E-state index contributed by atoms with van der Waals surface area (Å²) in [6.07, 6.45) is 0.705. The number of aliphatic carboxylic acids is 1. The lowest BCUT2D eigenvalue weighted by atomic mass is 10.1. The van der Waals surface area contributed by atoms with Crippen LogP contribution in [-0.2, 0) is 11.2 Å². The van der Waals surface area contributed by atoms with Crippen LogP contribution in [0.2, 0.25) is 0 Å². The van der Waals surface area contributed by atoms with Crippen molar-refractivity contribution in [1.82, 2.24) is 9.97 Å². The van der Waals surface area contributed by atoms with Crippen LogP contribution in [-0.4, -0.2) is 21.0 Å². The third kappa shape index (κ3) is 1.65. The van der Waals surface area contributed by atoms with Gasteiger partial charge in [0.2, 0.25) is 0 Å². The highest BCUT2D eigenvalue weighted by Gasteiger charge is 2.13. The third-order valence-corrected chi connectivity index (χ3v) is 2.17. The molecule has 1 aromatic heterocycles. The van der Waals surface area contributed by atoms with Gasteiger partial charge < -0.3 is 10.1 Å². The maximum absolute atomic E-state index is 13.8. The van der Waals surface area contributed by atoms with E-state index in [0.717, 1.165) is 0 Å². The van der Waals surface area contributed by atoms with Crippen molar-refractivity contribution in [3.8, 4) is 0 Å². The molecule has 0 aliphatic heterocycles. The van der Waals surface area contributed by atoms with Crippen LogP contribution in [0.4, 0.5) is 4.39 Å². The minimum atomic E-state index is -1.15. The summed E-state index contributed by atoms with van der Waals surface area (Å²) in [5.41, 5.74) is -0.441. The standard InChI is InChI=1S/C10H7FN2O3/c11-9-5(3-7(14)15)1-2-6-8(9)10(16)13-4-12-6/h1-2,4H,3H2,(H,14,15)(H,12,13,16). The lowest BCUT2D eigenvalue weighted by Crippen LogP contribution is -2.11. The Morgan fingerprint density at radius 1 is 1.50 bits per heavy atom. The molecule has 16 heavy (non-hydrogen) atoms. The van der Waals surface area contributed by atoms with Gasteiger partial charge in [-0.3, -0.25) is 9.59 Å². The molecule has 82 valence electrons. The number of rotatable bonds is 2. The number of halogens is 1. The minimum absolute atomic E-state index is 0.0292. The number of benzene rings is 1. The van der Waals surface area contributed by atoms with Gasteiger partial charge in [-0.2, -0.15) is 0 Å². The van der Waals surface area contributed by atoms with Gasteiger partial charge in [-0.1, -0.05) is 6.07 Å². The van der Waals surface area contributed by atoms with E-state index in [1.165, 1.54) is 18.5 Å². The van der Waals surface area contributed by atoms with Crippen molar-refractivity contribution >= 4 is 16.9 Å². The molecule has 2 N–H and O–H groups in total. The summed E-state index contributed by atoms with van der Waals surface area (Å²) < 4.78 is 13.8. The fourth-order valence-corrected chi connectivity index (χ4v) is 1.46. The molecule has 6 heteroatoms. The summed E-state index contributed by atoms with van der Waals surface area (Å²) in [5.74, 6) is -1.98. The summed E-state index contributed by atoms with van der Waals surface area (Å²) in [4.78, 5) is 27.8. The van der Waals surface area contributed by atoms with Gasteiger partial charge in [0.25, 0.3) is 5.56 Å². The van der Waals surface area contributed by atoms with E-state index in [-0.39, 0.29) is 16.5 Å². The van der Waals surface area contributed by atoms with Crippen LogP contribution in [0.15, 0.2) is 23.3 Å². The van der Waals surface area contributed by atoms with Crippen LogP contribution in [0.5, 0.6) is 0 Å². The van der Waals surface area contributed by atoms with Crippen molar-refractivity contribution in [2.24, 2.45) is 0 Å². The highest BCUT2D eigenvalue weighted by Crippen LogP contribution is 2.16. The van der Waals surface area contributed by atoms with E-state index < -0.39 is 23.8 Å². The number of aromatic amines is 1. The van der Waals surface area contributed by atoms with Crippen molar-refractivity contribution in [3.05, 3.63) is 40.2 Å². The largest absolute Gasteiger partial charge is 0.481 e. The average Bonchev–Trinajstić information content (AvgIpc) is 2.22. The maximum Gasteiger partial charge on any atom is 0.307 e. The molecule has 0 aliphatic rings. The first-order chi connectivity index (χ1) is 7.59. The number of H-pyrrole nitrogens is 1. The number of carboxylic acid groups (broad SMARTS) is 1. The van der Waals surface area contributed by atoms with Gasteiger partial charge in [-0.05, 0) is 11.6 Å². The van der Waals surface area contributed by atoms with E-state index in [1.807, 2.05) is 0 Å². The molecular formula is C10H7FN2O3. The zero-order valence-electron chi connectivity index (χ0n) is 8.03. The fourth-order valence-electron chi connectivity index (χ4n) is 1.46. The van der Waals surface area contributed by atoms with Crippen LogP contribution in [0.1, 0.15) is 5.56 Å². The average molecular weight is 222 g/mol. The van der Waals surface area contributed by atoms with Crippen molar-refractivity contribution in [2.75, 3.05) is 0 Å². The molecule has 0 saturated carbocycles. The molecule has 1 heterocycles. The highest BCUT2D eigenvalue weighted by molar-refractivity contribution is 5.80. The molecular weight excluding hydrogens is 215 g/mol. The molecule has 0 fully saturated rings. The lowest BCUT2D eigenvalue weighted by Gasteiger charge is -2.02. The molecule has 0 aliphatic carbocycles. The normalized spacial score (nSPS) is 10.6. The number of fused-ring (bicyclic) bond motifs is 1. The molecule has 1 aromatic carbocycles. The third-order valence-electron chi connectivity index (χ3n) is 2.17. The number of hydrogen-bond donors (Lipinski definition) is 2. The summed E-state index contributed by atoms with van der Waals surface area (Å²) >= 11 is 0. The van der Waals surface area contributed by atoms with Gasteiger partial charge in [0.1, 0.15) is 11.2 Å². The van der Waals surface area contributed by atoms with Crippen molar-refractivity contribution < 1.29 is 14.3 Å². The number of carboxylic acids is 1. The molecule has 0 amide bonds. The van der Waals surface area contributed by atoms with Gasteiger partial charge in [0.15, 0.2) is 0 Å². The Balaban J connectivity index is 2.73. The van der Waals surface area contributed by atoms with Gasteiger partial charge in [0, 0.05) is 0 Å². The molecule has 0 bridgehead atoms. The number of nitrogens with one attached hydrogen (secondary N) is 1. The predicted octanol–water partition coefficient (Wildman–Crippen LogP) is 0.689. The Labute approximate surface area is 88.6 Å². The number of hydrogen-bond acceptors (Lipinski definition) is 3. The quantitative estimate of drug-likeness (QED) is 0.783. The molecule has 2 rings (SSSR count). The van der Waals surface area contributed by atoms with E-state index in [0.29, 0.717) is 0 Å². The van der Waals surface area contributed by atoms with Gasteiger partial charge >= 0.3 is 5.97 Å². The van der Waals surface area contributed by atoms with Gasteiger partial charge in [-0.25, -0.2) is 9.37 Å². The van der Waals surface area contributed by atoms with E-state index in [1.54, 1.807) is 0 Å². The van der Waals surface area contributed by atoms with E-state index in [4.69, 9.17) is 5.11 Å². The smallest absolute Gasteiger partial charge is 0.307 e. The molecule has 0 saturated heterocycles. The zero-order valence-corrected chi connectivity index (χ0v) is 8.03. The summed E-state index contributed by atoms with van der Waals surface area (Å²) in [6.45, 7) is 0. The number of nitrogens with zero attached hydrogens (tertiary/aromatic N) is 1. The summed E-state index contributed by atoms with van der Waals surface area (Å²) in [7, 11) is 0. The fraction of sp³-hybridized carbons (Fsp3) is 0.100. The second kappa shape index (κ2) is 3.73. The SMILES string of the molecule is O=C(O)Cc1ccc2nc[nH]c(=O)c2c1F. The Bertz CT molecular complexity index is 621. The van der Waals surface area contributed by atoms with E-state index >= 15 is 0 Å². The molecule has 2 aromatic rings. The first kappa shape index (κ1) is 10.3. The van der Waals surface area contributed by atoms with Crippen LogP contribution in [0.3, 0.4) is 0 Å². The Kier molecular flexibility index (Phi) is 2.40. The van der Waals surface area contributed by atoms with Crippen molar-refractivity contribution in [1.29, 1.82) is 0 Å². The first-order valence-corrected chi connectivity index (χ1v) is 4.46. The second-order valence-electron chi connectivity index (χ2n) is 3.23. The van der Waals surface area contributed by atoms with Gasteiger partial charge in [-0.15, -0.1) is 0 Å². The minimum Gasteiger partial charge on any atom is -0.481 e. The lowest BCUT2D eigenvalue weighted by molar-refractivity contribution is -0.136. The molecule has 0 atom stereocenters. The van der Waals surface area contributed by atoms with Crippen LogP contribution < -0.4 is 5.56 Å². The molecule has 0 unspecified atom stereocenters. The summed E-state index contributed by atoms with van der Waals surface area (Å²) in [5, 5.41) is 8.36. The topological polar surface area (TPSA) is 83.0 Å². The van der Waals surface area contributed by atoms with Crippen LogP contribution >= 0.6 is 0 Å². The maximum atomic E-state index is 13.8. The van der Waals surface area contributed by atoms with E-state index in [9.17, 15) is 14.0 Å². The monoisotopic (exact) mass is 222 g/mol. The molecule has 0 radical (unpaired) electrons. The Morgan fingerprint density at radius 3 is 2.94 bits per heavy atom. The number of carbonyl (C=O) groups is 1. The molecule has 0 spiro atoms. The molecule has 5 nitrogen and oxygen atoms in total. The van der Waals surface area contributed by atoms with Crippen LogP contribution in [0.25, 0.3) is 10.9 Å². The number of aromatic nitrogens is 2. The van der Waals surface area contributed by atoms with E-state index in [2.05, 4.69) is 9.97 Å².